The minimum Gasteiger partial charge on any atom is -0.508 e. The second-order valence-electron chi connectivity index (χ2n) is 5.61. The fourth-order valence-corrected chi connectivity index (χ4v) is 2.27. The zero-order valence-corrected chi connectivity index (χ0v) is 13.9. The number of ether oxygens (including phenoxy) is 2. The van der Waals surface area contributed by atoms with Crippen LogP contribution >= 0.6 is 0 Å². The van der Waals surface area contributed by atoms with Crippen molar-refractivity contribution in [3.63, 3.8) is 0 Å². The minimum atomic E-state index is -0.570. The summed E-state index contributed by atoms with van der Waals surface area (Å²) in [6.07, 6.45) is 1.41. The molecule has 0 amide bonds. The minimum absolute atomic E-state index is 0.196. The molecule has 0 radical (unpaired) electrons. The number of aliphatic hydroxyl groups excluding tert-OH is 1. The van der Waals surface area contributed by atoms with Crippen LogP contribution in [0.15, 0.2) is 48.5 Å². The number of phenolic OH excluding ortho intramolecular Hbond substituents is 1. The molecule has 24 heavy (non-hydrogen) atoms. The van der Waals surface area contributed by atoms with Crippen molar-refractivity contribution in [2.45, 2.75) is 18.9 Å². The quantitative estimate of drug-likeness (QED) is 0.583. The van der Waals surface area contributed by atoms with Crippen molar-refractivity contribution in [3.05, 3.63) is 54.1 Å². The molecule has 5 nitrogen and oxygen atoms in total. The molecular formula is C19H25NO4. The molecule has 130 valence electrons. The van der Waals surface area contributed by atoms with Crippen LogP contribution in [0.4, 0.5) is 0 Å². The van der Waals surface area contributed by atoms with Crippen molar-refractivity contribution in [1.82, 2.24) is 5.32 Å². The van der Waals surface area contributed by atoms with Crippen molar-refractivity contribution in [2.24, 2.45) is 0 Å². The Hall–Kier alpha value is -2.24. The lowest BCUT2D eigenvalue weighted by Crippen LogP contribution is -2.32. The maximum Gasteiger partial charge on any atom is 0.119 e. The zero-order valence-electron chi connectivity index (χ0n) is 13.9. The summed E-state index contributed by atoms with van der Waals surface area (Å²) in [4.78, 5) is 0. The van der Waals surface area contributed by atoms with Gasteiger partial charge in [0.15, 0.2) is 0 Å². The van der Waals surface area contributed by atoms with Gasteiger partial charge in [-0.15, -0.1) is 0 Å². The molecule has 0 unspecified atom stereocenters. The van der Waals surface area contributed by atoms with Gasteiger partial charge in [0.05, 0.1) is 7.11 Å². The Balaban J connectivity index is 1.55. The molecule has 1 atom stereocenters. The van der Waals surface area contributed by atoms with E-state index in [1.54, 1.807) is 31.4 Å². The molecule has 5 heteroatoms. The largest absolute Gasteiger partial charge is 0.508 e. The van der Waals surface area contributed by atoms with Crippen molar-refractivity contribution in [1.29, 1.82) is 0 Å². The lowest BCUT2D eigenvalue weighted by Gasteiger charge is -2.13. The van der Waals surface area contributed by atoms with Gasteiger partial charge in [-0.05, 0) is 61.3 Å². The average Bonchev–Trinajstić information content (AvgIpc) is 2.61. The van der Waals surface area contributed by atoms with E-state index in [1.807, 2.05) is 12.1 Å². The van der Waals surface area contributed by atoms with E-state index in [0.29, 0.717) is 12.3 Å². The van der Waals surface area contributed by atoms with E-state index in [-0.39, 0.29) is 12.4 Å². The third-order valence-electron chi connectivity index (χ3n) is 3.64. The number of phenols is 1. The summed E-state index contributed by atoms with van der Waals surface area (Å²) in [6.45, 7) is 1.54. The number of benzene rings is 2. The van der Waals surface area contributed by atoms with Crippen molar-refractivity contribution in [2.75, 3.05) is 26.8 Å². The number of aryl methyl sites for hydroxylation is 1. The van der Waals surface area contributed by atoms with Crippen LogP contribution in [-0.4, -0.2) is 43.1 Å². The highest BCUT2D eigenvalue weighted by molar-refractivity contribution is 5.30. The van der Waals surface area contributed by atoms with Crippen LogP contribution in [0.5, 0.6) is 17.2 Å². The fourth-order valence-electron chi connectivity index (χ4n) is 2.27. The number of hydrogen-bond donors (Lipinski definition) is 3. The van der Waals surface area contributed by atoms with Crippen LogP contribution < -0.4 is 14.8 Å². The standard InChI is InChI=1S/C19H25NO4/c1-23-18-8-4-15(5-9-18)3-2-12-20-13-17(22)14-24-19-10-6-16(21)7-11-19/h4-11,17,20-22H,2-3,12-14H2,1H3/t17-/m0/s1. The number of hydrogen-bond acceptors (Lipinski definition) is 5. The van der Waals surface area contributed by atoms with Gasteiger partial charge in [-0.2, -0.15) is 0 Å². The molecule has 0 spiro atoms. The lowest BCUT2D eigenvalue weighted by molar-refractivity contribution is 0.106. The van der Waals surface area contributed by atoms with Crippen molar-refractivity contribution >= 4 is 0 Å². The van der Waals surface area contributed by atoms with Gasteiger partial charge in [0, 0.05) is 6.54 Å². The second kappa shape index (κ2) is 9.80. The first-order valence-corrected chi connectivity index (χ1v) is 8.11. The first kappa shape index (κ1) is 18.1. The summed E-state index contributed by atoms with van der Waals surface area (Å²) in [6, 6.07) is 14.5. The van der Waals surface area contributed by atoms with E-state index >= 15 is 0 Å². The van der Waals surface area contributed by atoms with Gasteiger partial charge in [-0.1, -0.05) is 12.1 Å². The predicted molar refractivity (Wildman–Crippen MR) is 93.8 cm³/mol. The van der Waals surface area contributed by atoms with Crippen LogP contribution in [-0.2, 0) is 6.42 Å². The first-order valence-electron chi connectivity index (χ1n) is 8.11. The van der Waals surface area contributed by atoms with Crippen LogP contribution in [0.1, 0.15) is 12.0 Å². The SMILES string of the molecule is COc1ccc(CCCNC[C@H](O)COc2ccc(O)cc2)cc1. The van der Waals surface area contributed by atoms with E-state index < -0.39 is 6.10 Å². The van der Waals surface area contributed by atoms with Crippen LogP contribution in [0, 0.1) is 0 Å². The molecule has 2 rings (SSSR count). The molecule has 0 aliphatic heterocycles. The third kappa shape index (κ3) is 6.48. The smallest absolute Gasteiger partial charge is 0.119 e. The van der Waals surface area contributed by atoms with Crippen LogP contribution in [0.3, 0.4) is 0 Å². The molecule has 0 fully saturated rings. The number of aliphatic hydroxyl groups is 1. The summed E-state index contributed by atoms with van der Waals surface area (Å²) >= 11 is 0. The fraction of sp³-hybridized carbons (Fsp3) is 0.368. The van der Waals surface area contributed by atoms with E-state index in [0.717, 1.165) is 25.1 Å². The van der Waals surface area contributed by atoms with E-state index in [4.69, 9.17) is 9.47 Å². The molecule has 0 bridgehead atoms. The van der Waals surface area contributed by atoms with E-state index in [1.165, 1.54) is 5.56 Å². The van der Waals surface area contributed by atoms with Gasteiger partial charge in [0.1, 0.15) is 30.0 Å². The molecule has 0 aliphatic rings. The molecular weight excluding hydrogens is 306 g/mol. The van der Waals surface area contributed by atoms with Crippen molar-refractivity contribution in [3.8, 4) is 17.2 Å². The summed E-state index contributed by atoms with van der Waals surface area (Å²) in [5, 5.41) is 22.3. The molecule has 3 N–H and O–H groups in total. The van der Waals surface area contributed by atoms with E-state index in [9.17, 15) is 10.2 Å². The molecule has 0 aromatic heterocycles. The summed E-state index contributed by atoms with van der Waals surface area (Å²) in [5.74, 6) is 1.70. The molecule has 2 aromatic rings. The maximum absolute atomic E-state index is 9.89. The number of methoxy groups -OCH3 is 1. The molecule has 0 saturated carbocycles. The summed E-state index contributed by atoms with van der Waals surface area (Å²) in [7, 11) is 1.66. The predicted octanol–water partition coefficient (Wildman–Crippen LogP) is 2.36. The Kier molecular flexibility index (Phi) is 7.39. The van der Waals surface area contributed by atoms with Gasteiger partial charge >= 0.3 is 0 Å². The van der Waals surface area contributed by atoms with Crippen LogP contribution in [0.25, 0.3) is 0 Å². The Labute approximate surface area is 142 Å². The van der Waals surface area contributed by atoms with Gasteiger partial charge < -0.3 is 25.0 Å². The average molecular weight is 331 g/mol. The Morgan fingerprint density at radius 3 is 2.33 bits per heavy atom. The van der Waals surface area contributed by atoms with Crippen molar-refractivity contribution < 1.29 is 19.7 Å². The maximum atomic E-state index is 9.89. The Bertz CT molecular complexity index is 583. The lowest BCUT2D eigenvalue weighted by atomic mass is 10.1. The first-order chi connectivity index (χ1) is 11.7. The molecule has 0 aliphatic carbocycles. The Morgan fingerprint density at radius 1 is 1.00 bits per heavy atom. The van der Waals surface area contributed by atoms with Gasteiger partial charge in [0.25, 0.3) is 0 Å². The third-order valence-corrected chi connectivity index (χ3v) is 3.64. The monoisotopic (exact) mass is 331 g/mol. The van der Waals surface area contributed by atoms with Gasteiger partial charge in [-0.25, -0.2) is 0 Å². The highest BCUT2D eigenvalue weighted by Crippen LogP contribution is 2.16. The Morgan fingerprint density at radius 2 is 1.67 bits per heavy atom. The topological polar surface area (TPSA) is 71.0 Å². The zero-order chi connectivity index (χ0) is 17.2. The normalized spacial score (nSPS) is 11.9. The number of rotatable bonds is 10. The highest BCUT2D eigenvalue weighted by atomic mass is 16.5. The summed E-state index contributed by atoms with van der Waals surface area (Å²) < 4.78 is 10.6. The van der Waals surface area contributed by atoms with Gasteiger partial charge in [-0.3, -0.25) is 0 Å². The van der Waals surface area contributed by atoms with Crippen LogP contribution in [0.2, 0.25) is 0 Å². The highest BCUT2D eigenvalue weighted by Gasteiger charge is 2.05. The van der Waals surface area contributed by atoms with Gasteiger partial charge in [0.2, 0.25) is 0 Å². The van der Waals surface area contributed by atoms with E-state index in [2.05, 4.69) is 17.4 Å². The number of nitrogens with one attached hydrogen (secondary N) is 1. The molecule has 0 saturated heterocycles. The molecule has 0 heterocycles. The second-order valence-corrected chi connectivity index (χ2v) is 5.61. The molecule has 2 aromatic carbocycles. The number of aromatic hydroxyl groups is 1. The summed E-state index contributed by atoms with van der Waals surface area (Å²) in [5.41, 5.74) is 1.27.